The van der Waals surface area contributed by atoms with Crippen molar-refractivity contribution in [1.29, 1.82) is 0 Å². The van der Waals surface area contributed by atoms with Crippen LogP contribution in [0.15, 0.2) is 18.2 Å². The monoisotopic (exact) mass is 346 g/mol. The topological polar surface area (TPSA) is 70.1 Å². The van der Waals surface area contributed by atoms with Crippen LogP contribution in [-0.2, 0) is 4.79 Å². The van der Waals surface area contributed by atoms with E-state index in [9.17, 15) is 14.7 Å². The lowest BCUT2D eigenvalue weighted by molar-refractivity contribution is -0.161. The number of nitrogens with zero attached hydrogens (tertiary/aromatic N) is 2. The highest BCUT2D eigenvalue weighted by molar-refractivity contribution is 5.97. The summed E-state index contributed by atoms with van der Waals surface area (Å²) in [5.74, 6) is -0.220. The van der Waals surface area contributed by atoms with Crippen LogP contribution in [0.3, 0.4) is 0 Å². The number of amides is 1. The van der Waals surface area contributed by atoms with Gasteiger partial charge in [-0.3, -0.25) is 9.59 Å². The zero-order valence-corrected chi connectivity index (χ0v) is 15.1. The molecule has 0 spiro atoms. The van der Waals surface area contributed by atoms with Gasteiger partial charge in [0.05, 0.1) is 18.1 Å². The molecule has 6 heteroatoms. The van der Waals surface area contributed by atoms with Gasteiger partial charge < -0.3 is 19.6 Å². The lowest BCUT2D eigenvalue weighted by atomic mass is 9.68. The van der Waals surface area contributed by atoms with Crippen LogP contribution in [0.2, 0.25) is 0 Å². The van der Waals surface area contributed by atoms with Crippen molar-refractivity contribution in [2.75, 3.05) is 33.8 Å². The molecule has 2 atom stereocenters. The van der Waals surface area contributed by atoms with Crippen LogP contribution in [0.4, 0.5) is 0 Å². The number of aliphatic carboxylic acids is 1. The van der Waals surface area contributed by atoms with Crippen LogP contribution in [0.1, 0.15) is 35.2 Å². The predicted octanol–water partition coefficient (Wildman–Crippen LogP) is 2.01. The van der Waals surface area contributed by atoms with Gasteiger partial charge in [-0.25, -0.2) is 0 Å². The van der Waals surface area contributed by atoms with E-state index in [2.05, 4.69) is 4.90 Å². The van der Waals surface area contributed by atoms with Crippen LogP contribution >= 0.6 is 0 Å². The molecule has 2 aliphatic heterocycles. The number of ether oxygens (including phenoxy) is 1. The number of carboxylic acid groups (broad SMARTS) is 1. The summed E-state index contributed by atoms with van der Waals surface area (Å²) < 4.78 is 5.42. The molecule has 0 saturated carbocycles. The van der Waals surface area contributed by atoms with Gasteiger partial charge in [-0.1, -0.05) is 12.1 Å². The van der Waals surface area contributed by atoms with Gasteiger partial charge in [0, 0.05) is 19.1 Å². The van der Waals surface area contributed by atoms with Gasteiger partial charge in [0.1, 0.15) is 5.75 Å². The van der Waals surface area contributed by atoms with Crippen molar-refractivity contribution in [3.05, 3.63) is 29.3 Å². The Morgan fingerprint density at radius 3 is 2.72 bits per heavy atom. The first-order chi connectivity index (χ1) is 11.9. The van der Waals surface area contributed by atoms with Gasteiger partial charge >= 0.3 is 5.97 Å². The first kappa shape index (κ1) is 17.7. The quantitative estimate of drug-likeness (QED) is 0.907. The second kappa shape index (κ2) is 6.67. The predicted molar refractivity (Wildman–Crippen MR) is 94.0 cm³/mol. The zero-order valence-electron chi connectivity index (χ0n) is 15.1. The Morgan fingerprint density at radius 2 is 2.04 bits per heavy atom. The summed E-state index contributed by atoms with van der Waals surface area (Å²) in [6.45, 7) is 3.69. The molecule has 2 fully saturated rings. The van der Waals surface area contributed by atoms with E-state index in [0.717, 1.165) is 18.5 Å². The van der Waals surface area contributed by atoms with Crippen molar-refractivity contribution in [2.24, 2.45) is 5.41 Å². The molecule has 0 unspecified atom stereocenters. The third-order valence-corrected chi connectivity index (χ3v) is 5.88. The van der Waals surface area contributed by atoms with Gasteiger partial charge in [-0.05, 0) is 51.4 Å². The van der Waals surface area contributed by atoms with Crippen molar-refractivity contribution in [2.45, 2.75) is 32.2 Å². The lowest BCUT2D eigenvalue weighted by Crippen LogP contribution is -2.63. The summed E-state index contributed by atoms with van der Waals surface area (Å²) in [5.41, 5.74) is 0.726. The molecule has 1 aromatic carbocycles. The second-order valence-corrected chi connectivity index (χ2v) is 7.22. The number of likely N-dealkylation sites (N-methyl/N-ethyl adjacent to an activating group) is 1. The van der Waals surface area contributed by atoms with E-state index in [0.29, 0.717) is 37.2 Å². The Balaban J connectivity index is 1.88. The molecule has 0 aromatic heterocycles. The Bertz CT molecular complexity index is 690. The lowest BCUT2D eigenvalue weighted by Gasteiger charge is -2.51. The van der Waals surface area contributed by atoms with Gasteiger partial charge in [0.15, 0.2) is 0 Å². The molecule has 0 aliphatic carbocycles. The number of para-hydroxylation sites is 1. The standard InChI is InChI=1S/C19H26N2O4/c1-13-6-4-7-14(16(13)25-3)17(22)21-11-9-19(18(23)24)8-5-10-20(2)15(19)12-21/h4,6-7,15H,5,8-12H2,1-3H3,(H,23,24)/t15-,19+/m1/s1. The molecular weight excluding hydrogens is 320 g/mol. The SMILES string of the molecule is COc1c(C)cccc1C(=O)N1CC[C@@]2(C(=O)O)CCCN(C)[C@@H]2C1. The van der Waals surface area contributed by atoms with E-state index < -0.39 is 11.4 Å². The van der Waals surface area contributed by atoms with Crippen LogP contribution < -0.4 is 4.74 Å². The number of likely N-dealkylation sites (tertiary alicyclic amines) is 2. The third kappa shape index (κ3) is 2.88. The summed E-state index contributed by atoms with van der Waals surface area (Å²) in [6.07, 6.45) is 2.07. The highest BCUT2D eigenvalue weighted by Gasteiger charge is 2.52. The average Bonchev–Trinajstić information content (AvgIpc) is 2.60. The van der Waals surface area contributed by atoms with Crippen LogP contribution in [0, 0.1) is 12.3 Å². The zero-order chi connectivity index (χ0) is 18.2. The minimum Gasteiger partial charge on any atom is -0.496 e. The van der Waals surface area contributed by atoms with Crippen LogP contribution in [-0.4, -0.2) is 66.6 Å². The Morgan fingerprint density at radius 1 is 1.28 bits per heavy atom. The number of hydrogen-bond acceptors (Lipinski definition) is 4. The summed E-state index contributed by atoms with van der Waals surface area (Å²) in [6, 6.07) is 5.39. The second-order valence-electron chi connectivity index (χ2n) is 7.22. The molecule has 0 bridgehead atoms. The third-order valence-electron chi connectivity index (χ3n) is 5.88. The van der Waals surface area contributed by atoms with Crippen molar-refractivity contribution in [3.8, 4) is 5.75 Å². The maximum Gasteiger partial charge on any atom is 0.311 e. The average molecular weight is 346 g/mol. The highest BCUT2D eigenvalue weighted by Crippen LogP contribution is 2.42. The Labute approximate surface area is 148 Å². The first-order valence-electron chi connectivity index (χ1n) is 8.77. The van der Waals surface area contributed by atoms with E-state index in [-0.39, 0.29) is 11.9 Å². The van der Waals surface area contributed by atoms with E-state index in [1.54, 1.807) is 18.1 Å². The van der Waals surface area contributed by atoms with E-state index in [1.165, 1.54) is 0 Å². The van der Waals surface area contributed by atoms with Crippen molar-refractivity contribution >= 4 is 11.9 Å². The van der Waals surface area contributed by atoms with Crippen molar-refractivity contribution < 1.29 is 19.4 Å². The number of carboxylic acids is 1. The smallest absolute Gasteiger partial charge is 0.311 e. The molecule has 2 aliphatic rings. The molecule has 1 N–H and O–H groups in total. The highest BCUT2D eigenvalue weighted by atomic mass is 16.5. The minimum absolute atomic E-state index is 0.0847. The molecule has 1 amide bonds. The summed E-state index contributed by atoms with van der Waals surface area (Å²) in [5, 5.41) is 9.85. The number of rotatable bonds is 3. The number of aryl methyl sites for hydroxylation is 1. The molecule has 0 radical (unpaired) electrons. The number of hydrogen-bond donors (Lipinski definition) is 1. The number of fused-ring (bicyclic) bond motifs is 1. The van der Waals surface area contributed by atoms with Crippen molar-refractivity contribution in [3.63, 3.8) is 0 Å². The largest absolute Gasteiger partial charge is 0.496 e. The first-order valence-corrected chi connectivity index (χ1v) is 8.77. The normalized spacial score (nSPS) is 26.8. The number of methoxy groups -OCH3 is 1. The van der Waals surface area contributed by atoms with E-state index >= 15 is 0 Å². The molecular formula is C19H26N2O4. The molecule has 2 heterocycles. The minimum atomic E-state index is -0.736. The fourth-order valence-electron chi connectivity index (χ4n) is 4.43. The molecule has 1 aromatic rings. The maximum absolute atomic E-state index is 13.1. The fraction of sp³-hybridized carbons (Fsp3) is 0.579. The molecule has 25 heavy (non-hydrogen) atoms. The molecule has 3 rings (SSSR count). The molecule has 2 saturated heterocycles. The van der Waals surface area contributed by atoms with Gasteiger partial charge in [0.2, 0.25) is 0 Å². The van der Waals surface area contributed by atoms with Gasteiger partial charge in [-0.2, -0.15) is 0 Å². The number of carbonyl (C=O) groups is 2. The molecule has 136 valence electrons. The number of carbonyl (C=O) groups excluding carboxylic acids is 1. The van der Waals surface area contributed by atoms with E-state index in [1.807, 2.05) is 26.1 Å². The van der Waals surface area contributed by atoms with Crippen molar-refractivity contribution in [1.82, 2.24) is 9.80 Å². The van der Waals surface area contributed by atoms with Crippen LogP contribution in [0.25, 0.3) is 0 Å². The summed E-state index contributed by atoms with van der Waals surface area (Å²) >= 11 is 0. The Hall–Kier alpha value is -2.08. The van der Waals surface area contributed by atoms with E-state index in [4.69, 9.17) is 4.74 Å². The number of benzene rings is 1. The summed E-state index contributed by atoms with van der Waals surface area (Å²) in [4.78, 5) is 28.9. The summed E-state index contributed by atoms with van der Waals surface area (Å²) in [7, 11) is 3.53. The maximum atomic E-state index is 13.1. The fourth-order valence-corrected chi connectivity index (χ4v) is 4.43. The van der Waals surface area contributed by atoms with Crippen LogP contribution in [0.5, 0.6) is 5.75 Å². The Kier molecular flexibility index (Phi) is 4.73. The molecule has 6 nitrogen and oxygen atoms in total. The van der Waals surface area contributed by atoms with Gasteiger partial charge in [-0.15, -0.1) is 0 Å². The van der Waals surface area contributed by atoms with Gasteiger partial charge in [0.25, 0.3) is 5.91 Å². The number of piperidine rings is 2.